The smallest absolute Gasteiger partial charge is 0.327 e. The SMILES string of the molecule is COC1CCC(/C=C/C(=O)O)C(OC)C1. The van der Waals surface area contributed by atoms with Crippen molar-refractivity contribution in [2.24, 2.45) is 5.92 Å². The lowest BCUT2D eigenvalue weighted by Gasteiger charge is -2.32. The Bertz CT molecular complexity index is 237. The molecule has 1 saturated carbocycles. The van der Waals surface area contributed by atoms with Crippen LogP contribution in [0.4, 0.5) is 0 Å². The van der Waals surface area contributed by atoms with Crippen molar-refractivity contribution in [1.82, 2.24) is 0 Å². The van der Waals surface area contributed by atoms with Crippen LogP contribution in [0.15, 0.2) is 12.2 Å². The second kappa shape index (κ2) is 5.88. The average Bonchev–Trinajstić information content (AvgIpc) is 2.25. The quantitative estimate of drug-likeness (QED) is 0.720. The Morgan fingerprint density at radius 2 is 2.07 bits per heavy atom. The van der Waals surface area contributed by atoms with Crippen LogP contribution in [0.3, 0.4) is 0 Å². The predicted molar refractivity (Wildman–Crippen MR) is 55.7 cm³/mol. The Morgan fingerprint density at radius 3 is 2.60 bits per heavy atom. The van der Waals surface area contributed by atoms with Gasteiger partial charge in [0, 0.05) is 32.6 Å². The zero-order chi connectivity index (χ0) is 11.3. The van der Waals surface area contributed by atoms with Gasteiger partial charge < -0.3 is 14.6 Å². The molecule has 15 heavy (non-hydrogen) atoms. The van der Waals surface area contributed by atoms with Crippen LogP contribution >= 0.6 is 0 Å². The molecule has 1 aliphatic rings. The van der Waals surface area contributed by atoms with Gasteiger partial charge in [-0.1, -0.05) is 6.08 Å². The Labute approximate surface area is 89.9 Å². The number of methoxy groups -OCH3 is 2. The third-order valence-electron chi connectivity index (χ3n) is 2.92. The number of aliphatic carboxylic acids is 1. The molecular weight excluding hydrogens is 196 g/mol. The van der Waals surface area contributed by atoms with Gasteiger partial charge in [-0.15, -0.1) is 0 Å². The van der Waals surface area contributed by atoms with Gasteiger partial charge in [0.05, 0.1) is 12.2 Å². The fourth-order valence-electron chi connectivity index (χ4n) is 2.03. The number of ether oxygens (including phenoxy) is 2. The Balaban J connectivity index is 2.54. The molecular formula is C11H18O4. The molecule has 0 aromatic carbocycles. The molecule has 0 radical (unpaired) electrons. The lowest BCUT2D eigenvalue weighted by atomic mass is 9.84. The van der Waals surface area contributed by atoms with E-state index in [-0.39, 0.29) is 18.1 Å². The van der Waals surface area contributed by atoms with E-state index in [0.29, 0.717) is 0 Å². The van der Waals surface area contributed by atoms with Crippen LogP contribution < -0.4 is 0 Å². The van der Waals surface area contributed by atoms with E-state index in [1.165, 1.54) is 6.08 Å². The van der Waals surface area contributed by atoms with Crippen LogP contribution in [0.1, 0.15) is 19.3 Å². The van der Waals surface area contributed by atoms with E-state index in [2.05, 4.69) is 0 Å². The van der Waals surface area contributed by atoms with Crippen molar-refractivity contribution in [3.8, 4) is 0 Å². The largest absolute Gasteiger partial charge is 0.478 e. The van der Waals surface area contributed by atoms with Crippen molar-refractivity contribution in [2.45, 2.75) is 31.5 Å². The standard InChI is InChI=1S/C11H18O4/c1-14-9-5-3-8(4-6-11(12)13)10(7-9)15-2/h4,6,8-10H,3,5,7H2,1-2H3,(H,12,13)/b6-4+. The summed E-state index contributed by atoms with van der Waals surface area (Å²) in [4.78, 5) is 10.4. The number of hydrogen-bond donors (Lipinski definition) is 1. The van der Waals surface area contributed by atoms with Crippen LogP contribution in [-0.4, -0.2) is 37.5 Å². The van der Waals surface area contributed by atoms with Gasteiger partial charge in [0.1, 0.15) is 0 Å². The number of carboxylic acids is 1. The van der Waals surface area contributed by atoms with Gasteiger partial charge in [0.15, 0.2) is 0 Å². The summed E-state index contributed by atoms with van der Waals surface area (Å²) in [6.07, 6.45) is 5.95. The van der Waals surface area contributed by atoms with Gasteiger partial charge in [0.2, 0.25) is 0 Å². The van der Waals surface area contributed by atoms with E-state index in [1.54, 1.807) is 20.3 Å². The molecule has 1 aliphatic carbocycles. The van der Waals surface area contributed by atoms with Crippen molar-refractivity contribution < 1.29 is 19.4 Å². The van der Waals surface area contributed by atoms with E-state index < -0.39 is 5.97 Å². The maximum atomic E-state index is 10.4. The molecule has 4 heteroatoms. The second-order valence-corrected chi connectivity index (χ2v) is 3.81. The van der Waals surface area contributed by atoms with Gasteiger partial charge in [0.25, 0.3) is 0 Å². The van der Waals surface area contributed by atoms with E-state index in [9.17, 15) is 4.79 Å². The van der Waals surface area contributed by atoms with Crippen molar-refractivity contribution in [3.05, 3.63) is 12.2 Å². The lowest BCUT2D eigenvalue weighted by Crippen LogP contribution is -2.33. The van der Waals surface area contributed by atoms with Crippen LogP contribution in [0.5, 0.6) is 0 Å². The summed E-state index contributed by atoms with van der Waals surface area (Å²) in [6, 6.07) is 0. The molecule has 0 aromatic rings. The minimum Gasteiger partial charge on any atom is -0.478 e. The van der Waals surface area contributed by atoms with Crippen molar-refractivity contribution in [2.75, 3.05) is 14.2 Å². The number of carbonyl (C=O) groups is 1. The summed E-state index contributed by atoms with van der Waals surface area (Å²) in [5, 5.41) is 8.55. The maximum absolute atomic E-state index is 10.4. The van der Waals surface area contributed by atoms with Crippen molar-refractivity contribution in [3.63, 3.8) is 0 Å². The zero-order valence-corrected chi connectivity index (χ0v) is 9.18. The van der Waals surface area contributed by atoms with Crippen LogP contribution in [0.2, 0.25) is 0 Å². The molecule has 3 atom stereocenters. The molecule has 3 unspecified atom stereocenters. The highest BCUT2D eigenvalue weighted by molar-refractivity contribution is 5.79. The van der Waals surface area contributed by atoms with Crippen molar-refractivity contribution >= 4 is 5.97 Å². The lowest BCUT2D eigenvalue weighted by molar-refractivity contribution is -0.131. The van der Waals surface area contributed by atoms with Gasteiger partial charge in [-0.2, -0.15) is 0 Å². The molecule has 86 valence electrons. The average molecular weight is 214 g/mol. The fourth-order valence-corrected chi connectivity index (χ4v) is 2.03. The van der Waals surface area contributed by atoms with Crippen molar-refractivity contribution in [1.29, 1.82) is 0 Å². The fraction of sp³-hybridized carbons (Fsp3) is 0.727. The summed E-state index contributed by atoms with van der Waals surface area (Å²) in [5.74, 6) is -0.712. The molecule has 0 heterocycles. The number of hydrogen-bond acceptors (Lipinski definition) is 3. The highest BCUT2D eigenvalue weighted by Gasteiger charge is 2.28. The monoisotopic (exact) mass is 214 g/mol. The van der Waals surface area contributed by atoms with E-state index in [0.717, 1.165) is 19.3 Å². The van der Waals surface area contributed by atoms with Gasteiger partial charge in [-0.05, 0) is 12.8 Å². The molecule has 0 saturated heterocycles. The molecule has 0 aliphatic heterocycles. The third-order valence-corrected chi connectivity index (χ3v) is 2.92. The van der Waals surface area contributed by atoms with Gasteiger partial charge in [-0.3, -0.25) is 0 Å². The highest BCUT2D eigenvalue weighted by atomic mass is 16.5. The zero-order valence-electron chi connectivity index (χ0n) is 9.18. The first kappa shape index (κ1) is 12.2. The van der Waals surface area contributed by atoms with Crippen LogP contribution in [0, 0.1) is 5.92 Å². The second-order valence-electron chi connectivity index (χ2n) is 3.81. The van der Waals surface area contributed by atoms with Crippen LogP contribution in [0.25, 0.3) is 0 Å². The summed E-state index contributed by atoms with van der Waals surface area (Å²) >= 11 is 0. The molecule has 0 spiro atoms. The minimum atomic E-state index is -0.904. The first-order valence-electron chi connectivity index (χ1n) is 5.14. The molecule has 1 fully saturated rings. The van der Waals surface area contributed by atoms with Gasteiger partial charge in [-0.25, -0.2) is 4.79 Å². The molecule has 0 amide bonds. The molecule has 1 rings (SSSR count). The Kier molecular flexibility index (Phi) is 4.78. The van der Waals surface area contributed by atoms with Crippen LogP contribution in [-0.2, 0) is 14.3 Å². The Hall–Kier alpha value is -0.870. The predicted octanol–water partition coefficient (Wildman–Crippen LogP) is 1.46. The first-order chi connectivity index (χ1) is 7.17. The molecule has 1 N–H and O–H groups in total. The normalized spacial score (nSPS) is 32.0. The molecule has 0 aromatic heterocycles. The number of carboxylic acid groups (broad SMARTS) is 1. The highest BCUT2D eigenvalue weighted by Crippen LogP contribution is 2.29. The van der Waals surface area contributed by atoms with E-state index in [4.69, 9.17) is 14.6 Å². The molecule has 4 nitrogen and oxygen atoms in total. The summed E-state index contributed by atoms with van der Waals surface area (Å²) in [7, 11) is 3.36. The van der Waals surface area contributed by atoms with Gasteiger partial charge >= 0.3 is 5.97 Å². The van der Waals surface area contributed by atoms with E-state index >= 15 is 0 Å². The topological polar surface area (TPSA) is 55.8 Å². The third kappa shape index (κ3) is 3.64. The summed E-state index contributed by atoms with van der Waals surface area (Å²) < 4.78 is 10.6. The van der Waals surface area contributed by atoms with E-state index in [1.807, 2.05) is 0 Å². The number of rotatable bonds is 4. The maximum Gasteiger partial charge on any atom is 0.327 e. The minimum absolute atomic E-state index is 0.0688. The summed E-state index contributed by atoms with van der Waals surface area (Å²) in [6.45, 7) is 0. The molecule has 0 bridgehead atoms. The summed E-state index contributed by atoms with van der Waals surface area (Å²) in [5.41, 5.74) is 0. The Morgan fingerprint density at radius 1 is 1.33 bits per heavy atom. The first-order valence-corrected chi connectivity index (χ1v) is 5.14.